The Morgan fingerprint density at radius 2 is 1.83 bits per heavy atom. The van der Waals surface area contributed by atoms with E-state index in [0.717, 1.165) is 16.9 Å². The summed E-state index contributed by atoms with van der Waals surface area (Å²) in [5, 5.41) is 31.3. The molecule has 1 aliphatic heterocycles. The molecule has 1 aliphatic rings. The van der Waals surface area contributed by atoms with Gasteiger partial charge in [-0.1, -0.05) is 58.4 Å². The molecule has 1 saturated heterocycles. The normalized spacial score (nSPS) is 16.2. The standard InChI is InChI=1S/C29H23Cl2N3O6S2/c1-3-40-22-12-16(7-11-21(22)35)24-23(25(36)15-5-9-19(39-2)10-6-15)26(37)27(38)34(24)28-32-33-29(42-28)41-14-17-4-8-18(30)13-20(17)31/h4-13,24,35-36H,3,14H2,1-2H3/b25-23-. The lowest BCUT2D eigenvalue weighted by Crippen LogP contribution is -2.29. The Bertz CT molecular complexity index is 1690. The number of amides is 1. The van der Waals surface area contributed by atoms with Crippen LogP contribution in [0.2, 0.25) is 10.0 Å². The summed E-state index contributed by atoms with van der Waals surface area (Å²) >= 11 is 14.8. The van der Waals surface area contributed by atoms with Gasteiger partial charge in [-0.3, -0.25) is 14.5 Å². The number of aromatic nitrogens is 2. The van der Waals surface area contributed by atoms with E-state index in [-0.39, 0.29) is 34.6 Å². The fraction of sp³-hybridized carbons (Fsp3) is 0.172. The van der Waals surface area contributed by atoms with Crippen molar-refractivity contribution in [2.75, 3.05) is 18.6 Å². The highest BCUT2D eigenvalue weighted by molar-refractivity contribution is 8.00. The number of benzene rings is 3. The molecule has 9 nitrogen and oxygen atoms in total. The van der Waals surface area contributed by atoms with Crippen LogP contribution in [0, 0.1) is 0 Å². The Labute approximate surface area is 259 Å². The molecule has 1 atom stereocenters. The Morgan fingerprint density at radius 1 is 1.07 bits per heavy atom. The molecule has 4 aromatic rings. The van der Waals surface area contributed by atoms with Crippen LogP contribution < -0.4 is 14.4 Å². The predicted octanol–water partition coefficient (Wildman–Crippen LogP) is 6.88. The minimum Gasteiger partial charge on any atom is -0.507 e. The van der Waals surface area contributed by atoms with Crippen LogP contribution in [0.25, 0.3) is 5.76 Å². The lowest BCUT2D eigenvalue weighted by Gasteiger charge is -2.23. The third-order valence-corrected chi connectivity index (χ3v) is 9.07. The van der Waals surface area contributed by atoms with Gasteiger partial charge in [0, 0.05) is 21.4 Å². The molecule has 1 aromatic heterocycles. The van der Waals surface area contributed by atoms with Gasteiger partial charge in [-0.05, 0) is 66.6 Å². The largest absolute Gasteiger partial charge is 0.507 e. The number of ketones is 1. The van der Waals surface area contributed by atoms with Gasteiger partial charge in [0.2, 0.25) is 5.13 Å². The van der Waals surface area contributed by atoms with E-state index in [1.165, 1.54) is 35.9 Å². The number of phenolic OH excluding ortho intramolecular Hbond substituents is 1. The summed E-state index contributed by atoms with van der Waals surface area (Å²) in [6.07, 6.45) is 0. The Morgan fingerprint density at radius 3 is 2.52 bits per heavy atom. The highest BCUT2D eigenvalue weighted by Crippen LogP contribution is 2.45. The monoisotopic (exact) mass is 643 g/mol. The quantitative estimate of drug-likeness (QED) is 0.0661. The predicted molar refractivity (Wildman–Crippen MR) is 163 cm³/mol. The minimum atomic E-state index is -1.08. The zero-order valence-corrected chi connectivity index (χ0v) is 25.4. The van der Waals surface area contributed by atoms with Crippen LogP contribution in [-0.2, 0) is 15.3 Å². The number of carbonyl (C=O) groups excluding carboxylic acids is 2. The number of rotatable bonds is 9. The van der Waals surface area contributed by atoms with Crippen LogP contribution in [0.5, 0.6) is 17.2 Å². The maximum absolute atomic E-state index is 13.5. The number of hydrogen-bond donors (Lipinski definition) is 2. The summed E-state index contributed by atoms with van der Waals surface area (Å²) in [4.78, 5) is 28.2. The fourth-order valence-corrected chi connectivity index (χ4v) is 6.78. The Balaban J connectivity index is 1.56. The number of phenols is 1. The molecule has 2 heterocycles. The maximum Gasteiger partial charge on any atom is 0.301 e. The number of carbonyl (C=O) groups is 2. The second-order valence-corrected chi connectivity index (χ2v) is 12.0. The van der Waals surface area contributed by atoms with Crippen molar-refractivity contribution >= 4 is 68.9 Å². The molecule has 1 fully saturated rings. The van der Waals surface area contributed by atoms with Gasteiger partial charge in [0.1, 0.15) is 11.5 Å². The lowest BCUT2D eigenvalue weighted by atomic mass is 9.95. The molecule has 216 valence electrons. The second-order valence-electron chi connectivity index (χ2n) is 8.93. The summed E-state index contributed by atoms with van der Waals surface area (Å²) < 4.78 is 11.3. The van der Waals surface area contributed by atoms with E-state index in [0.29, 0.717) is 37.0 Å². The molecule has 0 aliphatic carbocycles. The van der Waals surface area contributed by atoms with E-state index >= 15 is 0 Å². The van der Waals surface area contributed by atoms with Crippen molar-refractivity contribution in [2.24, 2.45) is 0 Å². The Kier molecular flexibility index (Phi) is 8.93. The molecule has 0 bridgehead atoms. The van der Waals surface area contributed by atoms with Gasteiger partial charge >= 0.3 is 5.91 Å². The number of Topliss-reactive ketones (excluding diaryl/α,β-unsaturated/α-hetero) is 1. The number of ether oxygens (including phenoxy) is 2. The number of aliphatic hydroxyl groups is 1. The number of nitrogens with zero attached hydrogens (tertiary/aromatic N) is 3. The van der Waals surface area contributed by atoms with Gasteiger partial charge in [0.25, 0.3) is 5.78 Å². The van der Waals surface area contributed by atoms with Gasteiger partial charge in [-0.2, -0.15) is 0 Å². The number of anilines is 1. The number of halogens is 2. The molecule has 2 N–H and O–H groups in total. The van der Waals surface area contributed by atoms with E-state index in [2.05, 4.69) is 10.2 Å². The first-order chi connectivity index (χ1) is 20.2. The van der Waals surface area contributed by atoms with E-state index in [1.807, 2.05) is 6.07 Å². The molecule has 0 saturated carbocycles. The number of thioether (sulfide) groups is 1. The number of aliphatic hydroxyl groups excluding tert-OH is 1. The zero-order valence-electron chi connectivity index (χ0n) is 22.2. The Hall–Kier alpha value is -3.77. The van der Waals surface area contributed by atoms with Crippen molar-refractivity contribution in [3.8, 4) is 17.2 Å². The average molecular weight is 645 g/mol. The SMILES string of the molecule is CCOc1cc(C2/C(=C(/O)c3ccc(OC)cc3)C(=O)C(=O)N2c2nnc(SCc3ccc(Cl)cc3Cl)s2)ccc1O. The summed E-state index contributed by atoms with van der Waals surface area (Å²) in [5.74, 6) is -1.05. The van der Waals surface area contributed by atoms with Gasteiger partial charge in [-0.25, -0.2) is 0 Å². The van der Waals surface area contributed by atoms with Crippen LogP contribution in [0.3, 0.4) is 0 Å². The smallest absolute Gasteiger partial charge is 0.301 e. The summed E-state index contributed by atoms with van der Waals surface area (Å²) in [6.45, 7) is 2.04. The molecule has 0 radical (unpaired) electrons. The lowest BCUT2D eigenvalue weighted by molar-refractivity contribution is -0.132. The molecular formula is C29H23Cl2N3O6S2. The summed E-state index contributed by atoms with van der Waals surface area (Å²) in [7, 11) is 1.51. The number of hydrogen-bond acceptors (Lipinski definition) is 10. The molecular weight excluding hydrogens is 621 g/mol. The van der Waals surface area contributed by atoms with Crippen LogP contribution >= 0.6 is 46.3 Å². The van der Waals surface area contributed by atoms with Crippen LogP contribution in [-0.4, -0.2) is 45.8 Å². The van der Waals surface area contributed by atoms with E-state index in [9.17, 15) is 19.8 Å². The average Bonchev–Trinajstić information content (AvgIpc) is 3.55. The van der Waals surface area contributed by atoms with Crippen molar-refractivity contribution < 1.29 is 29.3 Å². The molecule has 1 unspecified atom stereocenters. The first-order valence-electron chi connectivity index (χ1n) is 12.5. The van der Waals surface area contributed by atoms with Crippen molar-refractivity contribution in [3.63, 3.8) is 0 Å². The van der Waals surface area contributed by atoms with E-state index in [4.69, 9.17) is 32.7 Å². The first-order valence-corrected chi connectivity index (χ1v) is 15.1. The van der Waals surface area contributed by atoms with Crippen molar-refractivity contribution in [3.05, 3.63) is 93.0 Å². The van der Waals surface area contributed by atoms with Crippen LogP contribution in [0.15, 0.2) is 70.6 Å². The molecule has 42 heavy (non-hydrogen) atoms. The minimum absolute atomic E-state index is 0.108. The maximum atomic E-state index is 13.5. The van der Waals surface area contributed by atoms with Crippen molar-refractivity contribution in [2.45, 2.75) is 23.1 Å². The second kappa shape index (κ2) is 12.6. The zero-order chi connectivity index (χ0) is 30.0. The molecule has 3 aromatic carbocycles. The molecule has 13 heteroatoms. The van der Waals surface area contributed by atoms with Gasteiger partial charge in [0.15, 0.2) is 15.8 Å². The van der Waals surface area contributed by atoms with Gasteiger partial charge in [0.05, 0.1) is 25.3 Å². The topological polar surface area (TPSA) is 122 Å². The highest BCUT2D eigenvalue weighted by Gasteiger charge is 2.48. The van der Waals surface area contributed by atoms with E-state index in [1.54, 1.807) is 49.4 Å². The first kappa shape index (κ1) is 29.7. The van der Waals surface area contributed by atoms with Gasteiger partial charge in [-0.15, -0.1) is 10.2 Å². The van der Waals surface area contributed by atoms with Crippen molar-refractivity contribution in [1.82, 2.24) is 10.2 Å². The third-order valence-electron chi connectivity index (χ3n) is 6.38. The third kappa shape index (κ3) is 5.91. The number of aromatic hydroxyl groups is 1. The fourth-order valence-electron chi connectivity index (χ4n) is 4.36. The summed E-state index contributed by atoms with van der Waals surface area (Å²) in [5.41, 5.74) is 1.43. The van der Waals surface area contributed by atoms with Crippen LogP contribution in [0.4, 0.5) is 5.13 Å². The molecule has 1 amide bonds. The molecule has 5 rings (SSSR count). The molecule has 0 spiro atoms. The van der Waals surface area contributed by atoms with Crippen LogP contribution in [0.1, 0.15) is 29.7 Å². The van der Waals surface area contributed by atoms with Crippen molar-refractivity contribution in [1.29, 1.82) is 0 Å². The van der Waals surface area contributed by atoms with Gasteiger partial charge < -0.3 is 19.7 Å². The highest BCUT2D eigenvalue weighted by atomic mass is 35.5. The van der Waals surface area contributed by atoms with E-state index < -0.39 is 17.7 Å². The summed E-state index contributed by atoms with van der Waals surface area (Å²) in [6, 6.07) is 15.1. The number of methoxy groups -OCH3 is 1.